The summed E-state index contributed by atoms with van der Waals surface area (Å²) < 4.78 is 5.06. The van der Waals surface area contributed by atoms with E-state index < -0.39 is 5.97 Å². The lowest BCUT2D eigenvalue weighted by Gasteiger charge is -2.32. The number of aryl methyl sites for hydroxylation is 1. The van der Waals surface area contributed by atoms with Crippen LogP contribution in [0.2, 0.25) is 0 Å². The van der Waals surface area contributed by atoms with Gasteiger partial charge in [-0.1, -0.05) is 36.4 Å². The number of carbonyl (C=O) groups is 2. The fraction of sp³-hybridized carbons (Fsp3) is 0.364. The van der Waals surface area contributed by atoms with Gasteiger partial charge in [-0.15, -0.1) is 0 Å². The van der Waals surface area contributed by atoms with E-state index in [9.17, 15) is 9.59 Å². The Hall–Kier alpha value is -2.66. The van der Waals surface area contributed by atoms with E-state index in [-0.39, 0.29) is 18.5 Å². The Morgan fingerprint density at radius 3 is 2.70 bits per heavy atom. The molecule has 0 spiro atoms. The van der Waals surface area contributed by atoms with Crippen molar-refractivity contribution >= 4 is 17.6 Å². The number of amides is 1. The second-order valence-electron chi connectivity index (χ2n) is 6.84. The van der Waals surface area contributed by atoms with Gasteiger partial charge in [-0.05, 0) is 56.5 Å². The van der Waals surface area contributed by atoms with Crippen molar-refractivity contribution in [1.29, 1.82) is 0 Å². The largest absolute Gasteiger partial charge is 0.462 e. The number of rotatable bonds is 6. The van der Waals surface area contributed by atoms with Gasteiger partial charge < -0.3 is 10.1 Å². The number of para-hydroxylation sites is 1. The van der Waals surface area contributed by atoms with Gasteiger partial charge in [0.1, 0.15) is 0 Å². The van der Waals surface area contributed by atoms with Crippen molar-refractivity contribution in [2.45, 2.75) is 32.2 Å². The number of likely N-dealkylation sites (N-methyl/N-ethyl adjacent to an activating group) is 1. The number of hydrogen-bond donors (Lipinski definition) is 1. The van der Waals surface area contributed by atoms with E-state index in [2.05, 4.69) is 34.5 Å². The van der Waals surface area contributed by atoms with Crippen LogP contribution in [0.4, 0.5) is 5.69 Å². The van der Waals surface area contributed by atoms with Crippen LogP contribution in [0.5, 0.6) is 0 Å². The van der Waals surface area contributed by atoms with Gasteiger partial charge in [0.05, 0.1) is 24.4 Å². The highest BCUT2D eigenvalue weighted by molar-refractivity contribution is 6.01. The minimum Gasteiger partial charge on any atom is -0.462 e. The van der Waals surface area contributed by atoms with Crippen LogP contribution in [-0.4, -0.2) is 37.0 Å². The molecule has 0 aliphatic heterocycles. The predicted octanol–water partition coefficient (Wildman–Crippen LogP) is 3.81. The van der Waals surface area contributed by atoms with Gasteiger partial charge >= 0.3 is 5.97 Å². The molecular weight excluding hydrogens is 340 g/mol. The molecule has 1 atom stereocenters. The molecule has 0 aromatic heterocycles. The number of ether oxygens (including phenoxy) is 1. The molecule has 0 bridgehead atoms. The van der Waals surface area contributed by atoms with E-state index in [0.29, 0.717) is 17.9 Å². The van der Waals surface area contributed by atoms with Crippen molar-refractivity contribution in [2.24, 2.45) is 0 Å². The number of nitrogens with zero attached hydrogens (tertiary/aromatic N) is 1. The van der Waals surface area contributed by atoms with Crippen LogP contribution < -0.4 is 5.32 Å². The lowest BCUT2D eigenvalue weighted by molar-refractivity contribution is -0.117. The number of benzene rings is 2. The molecule has 1 aliphatic carbocycles. The first kappa shape index (κ1) is 19.1. The Bertz CT molecular complexity index is 819. The van der Waals surface area contributed by atoms with Gasteiger partial charge in [0, 0.05) is 6.04 Å². The molecule has 0 heterocycles. The van der Waals surface area contributed by atoms with Gasteiger partial charge in [-0.25, -0.2) is 4.79 Å². The highest BCUT2D eigenvalue weighted by atomic mass is 16.5. The van der Waals surface area contributed by atoms with E-state index in [4.69, 9.17) is 4.74 Å². The molecule has 1 amide bonds. The molecule has 0 saturated heterocycles. The molecule has 142 valence electrons. The molecule has 3 rings (SSSR count). The Morgan fingerprint density at radius 1 is 1.15 bits per heavy atom. The topological polar surface area (TPSA) is 58.6 Å². The quantitative estimate of drug-likeness (QED) is 0.790. The number of fused-ring (bicyclic) bond motifs is 1. The van der Waals surface area contributed by atoms with Gasteiger partial charge in [-0.3, -0.25) is 9.69 Å². The van der Waals surface area contributed by atoms with Crippen LogP contribution in [0.1, 0.15) is 47.3 Å². The molecule has 0 radical (unpaired) electrons. The monoisotopic (exact) mass is 366 g/mol. The first-order chi connectivity index (χ1) is 13.1. The summed E-state index contributed by atoms with van der Waals surface area (Å²) in [5.41, 5.74) is 3.54. The summed E-state index contributed by atoms with van der Waals surface area (Å²) >= 11 is 0. The molecule has 5 heteroatoms. The van der Waals surface area contributed by atoms with E-state index in [1.54, 1.807) is 31.2 Å². The van der Waals surface area contributed by atoms with Crippen molar-refractivity contribution < 1.29 is 14.3 Å². The maximum Gasteiger partial charge on any atom is 0.340 e. The summed E-state index contributed by atoms with van der Waals surface area (Å²) in [7, 11) is 1.98. The van der Waals surface area contributed by atoms with Crippen molar-refractivity contribution in [2.75, 3.05) is 25.5 Å². The van der Waals surface area contributed by atoms with Gasteiger partial charge in [0.15, 0.2) is 0 Å². The van der Waals surface area contributed by atoms with Crippen LogP contribution in [0.15, 0.2) is 48.5 Å². The van der Waals surface area contributed by atoms with Gasteiger partial charge in [0.25, 0.3) is 0 Å². The zero-order valence-corrected chi connectivity index (χ0v) is 15.9. The second kappa shape index (κ2) is 8.82. The second-order valence-corrected chi connectivity index (χ2v) is 6.84. The Morgan fingerprint density at radius 2 is 1.89 bits per heavy atom. The van der Waals surface area contributed by atoms with Crippen LogP contribution >= 0.6 is 0 Å². The summed E-state index contributed by atoms with van der Waals surface area (Å²) in [6, 6.07) is 15.6. The lowest BCUT2D eigenvalue weighted by atomic mass is 9.87. The number of esters is 1. The summed E-state index contributed by atoms with van der Waals surface area (Å²) in [6.07, 6.45) is 3.26. The normalized spacial score (nSPS) is 15.9. The molecule has 0 saturated carbocycles. The average Bonchev–Trinajstić information content (AvgIpc) is 2.68. The fourth-order valence-electron chi connectivity index (χ4n) is 3.69. The molecule has 5 nitrogen and oxygen atoms in total. The SMILES string of the molecule is CCOC(=O)c1ccccc1NC(=O)CN(C)[C@H]1CCCc2ccccc21. The van der Waals surface area contributed by atoms with Crippen LogP contribution in [-0.2, 0) is 16.0 Å². The summed E-state index contributed by atoms with van der Waals surface area (Å²) in [5.74, 6) is -0.569. The molecule has 0 unspecified atom stereocenters. The third-order valence-electron chi connectivity index (χ3n) is 4.96. The number of hydrogen-bond acceptors (Lipinski definition) is 4. The molecule has 2 aromatic carbocycles. The minimum atomic E-state index is -0.428. The van der Waals surface area contributed by atoms with Crippen LogP contribution in [0.3, 0.4) is 0 Å². The van der Waals surface area contributed by atoms with E-state index in [0.717, 1.165) is 19.3 Å². The van der Waals surface area contributed by atoms with Crippen LogP contribution in [0.25, 0.3) is 0 Å². The summed E-state index contributed by atoms with van der Waals surface area (Å²) in [4.78, 5) is 26.8. The van der Waals surface area contributed by atoms with E-state index >= 15 is 0 Å². The zero-order valence-electron chi connectivity index (χ0n) is 15.9. The summed E-state index contributed by atoms with van der Waals surface area (Å²) in [6.45, 7) is 2.32. The maximum atomic E-state index is 12.6. The highest BCUT2D eigenvalue weighted by Gasteiger charge is 2.25. The predicted molar refractivity (Wildman–Crippen MR) is 106 cm³/mol. The lowest BCUT2D eigenvalue weighted by Crippen LogP contribution is -2.35. The van der Waals surface area contributed by atoms with E-state index in [1.807, 2.05) is 7.05 Å². The van der Waals surface area contributed by atoms with Gasteiger partial charge in [-0.2, -0.15) is 0 Å². The molecular formula is C22H26N2O3. The third kappa shape index (κ3) is 4.55. The van der Waals surface area contributed by atoms with Crippen molar-refractivity contribution in [3.63, 3.8) is 0 Å². The smallest absolute Gasteiger partial charge is 0.340 e. The van der Waals surface area contributed by atoms with Gasteiger partial charge in [0.2, 0.25) is 5.91 Å². The molecule has 0 fully saturated rings. The van der Waals surface area contributed by atoms with Crippen LogP contribution in [0, 0.1) is 0 Å². The fourth-order valence-corrected chi connectivity index (χ4v) is 3.69. The Kier molecular flexibility index (Phi) is 6.24. The standard InChI is InChI=1S/C22H26N2O3/c1-3-27-22(26)18-12-6-7-13-19(18)23-21(25)15-24(2)20-14-8-10-16-9-4-5-11-17(16)20/h4-7,9,11-13,20H,3,8,10,14-15H2,1-2H3,(H,23,25)/t20-/m0/s1. The van der Waals surface area contributed by atoms with Crippen molar-refractivity contribution in [1.82, 2.24) is 4.90 Å². The Balaban J connectivity index is 1.68. The number of carbonyl (C=O) groups excluding carboxylic acids is 2. The first-order valence-electron chi connectivity index (χ1n) is 9.44. The Labute approximate surface area is 160 Å². The number of nitrogens with one attached hydrogen (secondary N) is 1. The van der Waals surface area contributed by atoms with E-state index in [1.165, 1.54) is 11.1 Å². The molecule has 27 heavy (non-hydrogen) atoms. The first-order valence-corrected chi connectivity index (χ1v) is 9.44. The average molecular weight is 366 g/mol. The van der Waals surface area contributed by atoms with Crippen molar-refractivity contribution in [3.05, 3.63) is 65.2 Å². The molecule has 1 aliphatic rings. The number of anilines is 1. The zero-order chi connectivity index (χ0) is 19.2. The molecule has 2 aromatic rings. The molecule has 1 N–H and O–H groups in total. The van der Waals surface area contributed by atoms with Crippen molar-refractivity contribution in [3.8, 4) is 0 Å². The maximum absolute atomic E-state index is 12.6. The highest BCUT2D eigenvalue weighted by Crippen LogP contribution is 2.33. The third-order valence-corrected chi connectivity index (χ3v) is 4.96. The minimum absolute atomic E-state index is 0.141. The summed E-state index contributed by atoms with van der Waals surface area (Å²) in [5, 5.41) is 2.86.